The second kappa shape index (κ2) is 10.4. The van der Waals surface area contributed by atoms with Crippen molar-refractivity contribution in [3.05, 3.63) is 58.9 Å². The predicted molar refractivity (Wildman–Crippen MR) is 125 cm³/mol. The lowest BCUT2D eigenvalue weighted by Gasteiger charge is -2.34. The van der Waals surface area contributed by atoms with E-state index in [-0.39, 0.29) is 23.0 Å². The van der Waals surface area contributed by atoms with E-state index in [0.29, 0.717) is 25.1 Å². The van der Waals surface area contributed by atoms with Gasteiger partial charge in [-0.25, -0.2) is 12.8 Å². The van der Waals surface area contributed by atoms with Crippen LogP contribution in [0.25, 0.3) is 0 Å². The molecule has 1 aliphatic heterocycles. The molecule has 0 radical (unpaired) electrons. The lowest BCUT2D eigenvalue weighted by Crippen LogP contribution is -2.45. The number of hydrogen-bond acceptors (Lipinski definition) is 4. The number of anilines is 1. The number of amides is 2. The van der Waals surface area contributed by atoms with E-state index in [9.17, 15) is 22.4 Å². The second-order valence-electron chi connectivity index (χ2n) is 8.44. The summed E-state index contributed by atoms with van der Waals surface area (Å²) in [6.07, 6.45) is 2.65. The van der Waals surface area contributed by atoms with E-state index in [4.69, 9.17) is 0 Å². The number of nitrogens with one attached hydrogen (secondary N) is 2. The number of carbonyl (C=O) groups is 2. The molecule has 1 saturated heterocycles. The summed E-state index contributed by atoms with van der Waals surface area (Å²) in [5, 5.41) is 5.24. The maximum Gasteiger partial charge on any atom is 0.313 e. The van der Waals surface area contributed by atoms with Crippen molar-refractivity contribution < 1.29 is 22.4 Å². The first-order valence-corrected chi connectivity index (χ1v) is 12.5. The van der Waals surface area contributed by atoms with Crippen LogP contribution in [0, 0.1) is 26.6 Å². The summed E-state index contributed by atoms with van der Waals surface area (Å²) >= 11 is 0. The zero-order valence-corrected chi connectivity index (χ0v) is 20.0. The molecule has 178 valence electrons. The van der Waals surface area contributed by atoms with Gasteiger partial charge in [-0.05, 0) is 74.9 Å². The van der Waals surface area contributed by atoms with Crippen molar-refractivity contribution in [3.63, 3.8) is 0 Å². The largest absolute Gasteiger partial charge is 0.348 e. The van der Waals surface area contributed by atoms with Crippen LogP contribution in [0.15, 0.2) is 41.3 Å². The Kier molecular flexibility index (Phi) is 7.86. The number of nitrogens with zero attached hydrogens (tertiary/aromatic N) is 1. The van der Waals surface area contributed by atoms with Gasteiger partial charge in [-0.1, -0.05) is 24.6 Å². The average Bonchev–Trinajstić information content (AvgIpc) is 2.78. The molecule has 0 aromatic heterocycles. The lowest BCUT2D eigenvalue weighted by atomic mass is 10.0. The highest BCUT2D eigenvalue weighted by molar-refractivity contribution is 7.89. The number of aryl methyl sites for hydroxylation is 3. The Hall–Kier alpha value is -2.78. The van der Waals surface area contributed by atoms with Crippen molar-refractivity contribution in [3.8, 4) is 0 Å². The fourth-order valence-electron chi connectivity index (χ4n) is 4.11. The first-order chi connectivity index (χ1) is 15.6. The van der Waals surface area contributed by atoms with Crippen molar-refractivity contribution in [2.45, 2.75) is 57.4 Å². The lowest BCUT2D eigenvalue weighted by molar-refractivity contribution is -0.136. The van der Waals surface area contributed by atoms with Crippen molar-refractivity contribution in [2.75, 3.05) is 18.4 Å². The molecule has 1 heterocycles. The van der Waals surface area contributed by atoms with Gasteiger partial charge in [0.15, 0.2) is 0 Å². The summed E-state index contributed by atoms with van der Waals surface area (Å²) in [5.41, 5.74) is 2.59. The molecule has 7 nitrogen and oxygen atoms in total. The standard InChI is InChI=1S/C24H30FN3O4S/c1-16-7-6-8-17(2)22(16)27-24(30)23(29)26-13-12-19-9-4-5-14-28(19)33(31,32)20-10-11-21(25)18(3)15-20/h6-8,10-11,15,19H,4-5,9,12-14H2,1-3H3,(H,26,29)(H,27,30). The second-order valence-corrected chi connectivity index (χ2v) is 10.3. The molecule has 2 aromatic rings. The molecule has 9 heteroatoms. The van der Waals surface area contributed by atoms with Crippen molar-refractivity contribution in [1.29, 1.82) is 0 Å². The van der Waals surface area contributed by atoms with Gasteiger partial charge in [0.25, 0.3) is 0 Å². The Morgan fingerprint density at radius 3 is 2.39 bits per heavy atom. The van der Waals surface area contributed by atoms with Gasteiger partial charge in [-0.2, -0.15) is 4.31 Å². The third kappa shape index (κ3) is 5.78. The number of sulfonamides is 1. The molecule has 0 spiro atoms. The van der Waals surface area contributed by atoms with E-state index >= 15 is 0 Å². The Labute approximate surface area is 194 Å². The van der Waals surface area contributed by atoms with Crippen LogP contribution >= 0.6 is 0 Å². The fraction of sp³-hybridized carbons (Fsp3) is 0.417. The van der Waals surface area contributed by atoms with E-state index in [0.717, 1.165) is 30.0 Å². The Bertz CT molecular complexity index is 1130. The van der Waals surface area contributed by atoms with Crippen molar-refractivity contribution >= 4 is 27.5 Å². The minimum Gasteiger partial charge on any atom is -0.348 e. The number of para-hydroxylation sites is 1. The normalized spacial score (nSPS) is 16.9. The first-order valence-electron chi connectivity index (χ1n) is 11.0. The third-order valence-electron chi connectivity index (χ3n) is 6.00. The average molecular weight is 476 g/mol. The molecule has 2 amide bonds. The van der Waals surface area contributed by atoms with Gasteiger partial charge in [-0.3, -0.25) is 9.59 Å². The number of benzene rings is 2. The van der Waals surface area contributed by atoms with E-state index in [2.05, 4.69) is 10.6 Å². The molecule has 0 aliphatic carbocycles. The van der Waals surface area contributed by atoms with Gasteiger partial charge in [0.1, 0.15) is 5.82 Å². The molecule has 2 N–H and O–H groups in total. The molecule has 0 saturated carbocycles. The van der Waals surface area contributed by atoms with Crippen LogP contribution in [0.5, 0.6) is 0 Å². The Balaban J connectivity index is 1.61. The summed E-state index contributed by atoms with van der Waals surface area (Å²) in [6.45, 7) is 5.76. The maximum absolute atomic E-state index is 13.6. The number of halogens is 1. The quantitative estimate of drug-likeness (QED) is 0.626. The van der Waals surface area contributed by atoms with E-state index < -0.39 is 27.7 Å². The Morgan fingerprint density at radius 2 is 1.73 bits per heavy atom. The van der Waals surface area contributed by atoms with Crippen LogP contribution < -0.4 is 10.6 Å². The summed E-state index contributed by atoms with van der Waals surface area (Å²) in [6, 6.07) is 9.05. The van der Waals surface area contributed by atoms with Gasteiger partial charge in [-0.15, -0.1) is 0 Å². The molecule has 3 rings (SSSR count). The van der Waals surface area contributed by atoms with Crippen LogP contribution in [0.1, 0.15) is 42.4 Å². The monoisotopic (exact) mass is 475 g/mol. The molecule has 1 fully saturated rings. The van der Waals surface area contributed by atoms with Crippen LogP contribution in [-0.2, 0) is 19.6 Å². The van der Waals surface area contributed by atoms with Crippen molar-refractivity contribution in [2.24, 2.45) is 0 Å². The Morgan fingerprint density at radius 1 is 1.03 bits per heavy atom. The third-order valence-corrected chi connectivity index (χ3v) is 7.95. The van der Waals surface area contributed by atoms with Gasteiger partial charge < -0.3 is 10.6 Å². The number of hydrogen-bond donors (Lipinski definition) is 2. The zero-order chi connectivity index (χ0) is 24.2. The highest BCUT2D eigenvalue weighted by Crippen LogP contribution is 2.28. The number of piperidine rings is 1. The van der Waals surface area contributed by atoms with Gasteiger partial charge in [0.2, 0.25) is 10.0 Å². The topological polar surface area (TPSA) is 95.6 Å². The molecular weight excluding hydrogens is 445 g/mol. The number of carbonyl (C=O) groups excluding carboxylic acids is 2. The molecule has 2 aromatic carbocycles. The zero-order valence-electron chi connectivity index (χ0n) is 19.2. The molecule has 1 unspecified atom stereocenters. The maximum atomic E-state index is 13.6. The molecule has 1 aliphatic rings. The number of rotatable bonds is 6. The highest BCUT2D eigenvalue weighted by Gasteiger charge is 2.33. The van der Waals surface area contributed by atoms with Crippen LogP contribution in [-0.4, -0.2) is 43.7 Å². The van der Waals surface area contributed by atoms with Crippen LogP contribution in [0.4, 0.5) is 10.1 Å². The van der Waals surface area contributed by atoms with E-state index in [1.54, 1.807) is 0 Å². The summed E-state index contributed by atoms with van der Waals surface area (Å²) in [5.74, 6) is -1.98. The highest BCUT2D eigenvalue weighted by atomic mass is 32.2. The minimum atomic E-state index is -3.79. The molecular formula is C24H30FN3O4S. The van der Waals surface area contributed by atoms with Crippen LogP contribution in [0.2, 0.25) is 0 Å². The SMILES string of the molecule is Cc1cc(S(=O)(=O)N2CCCCC2CCNC(=O)C(=O)Nc2c(C)cccc2C)ccc1F. The molecule has 0 bridgehead atoms. The summed E-state index contributed by atoms with van der Waals surface area (Å²) < 4.78 is 41.4. The van der Waals surface area contributed by atoms with E-state index in [1.807, 2.05) is 32.0 Å². The van der Waals surface area contributed by atoms with Crippen LogP contribution in [0.3, 0.4) is 0 Å². The first kappa shape index (κ1) is 24.9. The fourth-order valence-corrected chi connectivity index (χ4v) is 5.92. The van der Waals surface area contributed by atoms with E-state index in [1.165, 1.54) is 23.4 Å². The smallest absolute Gasteiger partial charge is 0.313 e. The minimum absolute atomic E-state index is 0.0605. The molecule has 1 atom stereocenters. The summed E-state index contributed by atoms with van der Waals surface area (Å²) in [7, 11) is -3.79. The molecule has 33 heavy (non-hydrogen) atoms. The van der Waals surface area contributed by atoms with Gasteiger partial charge in [0.05, 0.1) is 4.90 Å². The van der Waals surface area contributed by atoms with Gasteiger partial charge in [0, 0.05) is 24.8 Å². The van der Waals surface area contributed by atoms with Gasteiger partial charge >= 0.3 is 11.8 Å². The predicted octanol–water partition coefficient (Wildman–Crippen LogP) is 3.44. The summed E-state index contributed by atoms with van der Waals surface area (Å²) in [4.78, 5) is 24.7. The van der Waals surface area contributed by atoms with Crippen molar-refractivity contribution in [1.82, 2.24) is 9.62 Å².